The molecule has 1 saturated carbocycles. The third kappa shape index (κ3) is 1.90. The zero-order chi connectivity index (χ0) is 13.5. The number of anilines is 1. The number of rotatable bonds is 3. The van der Waals surface area contributed by atoms with Crippen molar-refractivity contribution < 1.29 is 14.7 Å². The normalized spacial score (nSPS) is 16.8. The van der Waals surface area contributed by atoms with Gasteiger partial charge in [0.05, 0.1) is 0 Å². The maximum Gasteiger partial charge on any atom is 0.319 e. The van der Waals surface area contributed by atoms with Gasteiger partial charge >= 0.3 is 5.97 Å². The van der Waals surface area contributed by atoms with Crippen LogP contribution in [0.3, 0.4) is 0 Å². The molecule has 0 atom stereocenters. The second-order valence-corrected chi connectivity index (χ2v) is 5.82. The molecule has 2 aromatic rings. The zero-order valence-electron chi connectivity index (χ0n) is 10.2. The lowest BCUT2D eigenvalue weighted by molar-refractivity contribution is -0.159. The molecular formula is C14H13NO3S. The maximum absolute atomic E-state index is 12.1. The Labute approximate surface area is 114 Å². The van der Waals surface area contributed by atoms with Gasteiger partial charge in [0, 0.05) is 10.4 Å². The van der Waals surface area contributed by atoms with Crippen LogP contribution in [-0.2, 0) is 9.59 Å². The van der Waals surface area contributed by atoms with Crippen LogP contribution in [0, 0.1) is 5.41 Å². The van der Waals surface area contributed by atoms with Crippen molar-refractivity contribution in [1.82, 2.24) is 0 Å². The molecule has 0 bridgehead atoms. The van der Waals surface area contributed by atoms with Gasteiger partial charge in [-0.1, -0.05) is 6.42 Å². The molecule has 0 spiro atoms. The molecule has 1 amide bonds. The molecule has 1 aromatic heterocycles. The number of aliphatic carboxylic acids is 1. The van der Waals surface area contributed by atoms with Crippen LogP contribution < -0.4 is 5.32 Å². The van der Waals surface area contributed by atoms with E-state index in [1.165, 1.54) is 0 Å². The third-order valence-corrected chi connectivity index (χ3v) is 4.66. The minimum Gasteiger partial charge on any atom is -0.480 e. The van der Waals surface area contributed by atoms with Crippen molar-refractivity contribution >= 4 is 39.0 Å². The number of carboxylic acids is 1. The minimum atomic E-state index is -1.22. The molecule has 1 aliphatic carbocycles. The molecule has 98 valence electrons. The van der Waals surface area contributed by atoms with Crippen LogP contribution in [-0.4, -0.2) is 17.0 Å². The van der Waals surface area contributed by atoms with E-state index in [0.717, 1.165) is 16.5 Å². The van der Waals surface area contributed by atoms with Crippen molar-refractivity contribution in [3.05, 3.63) is 29.6 Å². The van der Waals surface area contributed by atoms with Gasteiger partial charge in [0.1, 0.15) is 5.41 Å². The molecule has 0 aliphatic heterocycles. The lowest BCUT2D eigenvalue weighted by Gasteiger charge is -2.35. The monoisotopic (exact) mass is 275 g/mol. The molecule has 3 rings (SSSR count). The van der Waals surface area contributed by atoms with Crippen LogP contribution in [0.1, 0.15) is 19.3 Å². The largest absolute Gasteiger partial charge is 0.480 e. The van der Waals surface area contributed by atoms with E-state index in [4.69, 9.17) is 0 Å². The summed E-state index contributed by atoms with van der Waals surface area (Å²) in [5, 5.41) is 15.0. The van der Waals surface area contributed by atoms with Crippen LogP contribution in [0.5, 0.6) is 0 Å². The average Bonchev–Trinajstić information content (AvgIpc) is 2.73. The Bertz CT molecular complexity index is 658. The summed E-state index contributed by atoms with van der Waals surface area (Å²) in [5.41, 5.74) is -0.563. The highest BCUT2D eigenvalue weighted by molar-refractivity contribution is 7.17. The summed E-state index contributed by atoms with van der Waals surface area (Å²) >= 11 is 1.63. The first-order valence-electron chi connectivity index (χ1n) is 6.14. The van der Waals surface area contributed by atoms with Crippen molar-refractivity contribution in [2.75, 3.05) is 5.32 Å². The summed E-state index contributed by atoms with van der Waals surface area (Å²) in [5.74, 6) is -1.42. The summed E-state index contributed by atoms with van der Waals surface area (Å²) in [7, 11) is 0. The number of hydrogen-bond donors (Lipinski definition) is 2. The first-order valence-corrected chi connectivity index (χ1v) is 7.02. The quantitative estimate of drug-likeness (QED) is 0.846. The molecule has 1 fully saturated rings. The molecule has 19 heavy (non-hydrogen) atoms. The zero-order valence-corrected chi connectivity index (χ0v) is 11.0. The van der Waals surface area contributed by atoms with Gasteiger partial charge in [0.15, 0.2) is 0 Å². The van der Waals surface area contributed by atoms with Gasteiger partial charge in [-0.2, -0.15) is 0 Å². The van der Waals surface area contributed by atoms with E-state index in [-0.39, 0.29) is 0 Å². The van der Waals surface area contributed by atoms with Gasteiger partial charge in [-0.15, -0.1) is 11.3 Å². The van der Waals surface area contributed by atoms with Crippen molar-refractivity contribution in [1.29, 1.82) is 0 Å². The Morgan fingerprint density at radius 1 is 1.26 bits per heavy atom. The first kappa shape index (κ1) is 12.2. The molecule has 1 heterocycles. The Morgan fingerprint density at radius 3 is 2.68 bits per heavy atom. The van der Waals surface area contributed by atoms with Crippen molar-refractivity contribution in [2.45, 2.75) is 19.3 Å². The Hall–Kier alpha value is -1.88. The highest BCUT2D eigenvalue weighted by atomic mass is 32.1. The number of nitrogens with one attached hydrogen (secondary N) is 1. The number of fused-ring (bicyclic) bond motifs is 1. The van der Waals surface area contributed by atoms with E-state index in [1.54, 1.807) is 11.3 Å². The number of carboxylic acid groups (broad SMARTS) is 1. The van der Waals surface area contributed by atoms with Gasteiger partial charge in [-0.25, -0.2) is 0 Å². The van der Waals surface area contributed by atoms with Gasteiger partial charge in [-0.3, -0.25) is 9.59 Å². The molecule has 2 N–H and O–H groups in total. The minimum absolute atomic E-state index is 0.402. The number of amides is 1. The van der Waals surface area contributed by atoms with Crippen molar-refractivity contribution in [3.8, 4) is 0 Å². The topological polar surface area (TPSA) is 66.4 Å². The van der Waals surface area contributed by atoms with Crippen LogP contribution in [0.15, 0.2) is 29.6 Å². The van der Waals surface area contributed by atoms with Crippen LogP contribution in [0.25, 0.3) is 10.1 Å². The van der Waals surface area contributed by atoms with Crippen molar-refractivity contribution in [3.63, 3.8) is 0 Å². The smallest absolute Gasteiger partial charge is 0.319 e. The van der Waals surface area contributed by atoms with Crippen molar-refractivity contribution in [2.24, 2.45) is 5.41 Å². The number of carbonyl (C=O) groups excluding carboxylic acids is 1. The van der Waals surface area contributed by atoms with E-state index in [0.29, 0.717) is 18.5 Å². The molecule has 4 nitrogen and oxygen atoms in total. The van der Waals surface area contributed by atoms with Crippen LogP contribution in [0.2, 0.25) is 0 Å². The second kappa shape index (κ2) is 4.35. The number of thiophene rings is 1. The Kier molecular flexibility index (Phi) is 2.78. The third-order valence-electron chi connectivity index (χ3n) is 3.76. The first-order chi connectivity index (χ1) is 9.12. The fourth-order valence-corrected chi connectivity index (χ4v) is 3.13. The SMILES string of the molecule is O=C(O)C1(C(=O)Nc2ccc3sccc3c2)CCC1. The standard InChI is InChI=1S/C14H13NO3S/c16-12(14(13(17)18)5-1-6-14)15-10-2-3-11-9(8-10)4-7-19-11/h2-4,7-8H,1,5-6H2,(H,15,16)(H,17,18). The summed E-state index contributed by atoms with van der Waals surface area (Å²) in [6.07, 6.45) is 1.65. The lowest BCUT2D eigenvalue weighted by atomic mass is 9.68. The molecule has 1 aromatic carbocycles. The molecular weight excluding hydrogens is 262 g/mol. The van der Waals surface area contributed by atoms with E-state index < -0.39 is 17.3 Å². The predicted molar refractivity (Wildman–Crippen MR) is 74.4 cm³/mol. The van der Waals surface area contributed by atoms with Crippen LogP contribution >= 0.6 is 11.3 Å². The molecule has 5 heteroatoms. The van der Waals surface area contributed by atoms with E-state index in [1.807, 2.05) is 29.6 Å². The molecule has 1 aliphatic rings. The van der Waals surface area contributed by atoms with E-state index in [9.17, 15) is 14.7 Å². The highest BCUT2D eigenvalue weighted by Crippen LogP contribution is 2.42. The maximum atomic E-state index is 12.1. The summed E-state index contributed by atoms with van der Waals surface area (Å²) in [6, 6.07) is 7.60. The number of benzene rings is 1. The molecule has 0 radical (unpaired) electrons. The van der Waals surface area contributed by atoms with Gasteiger partial charge in [0.25, 0.3) is 0 Å². The fraction of sp³-hybridized carbons (Fsp3) is 0.286. The summed E-state index contributed by atoms with van der Waals surface area (Å²) in [4.78, 5) is 23.4. The highest BCUT2D eigenvalue weighted by Gasteiger charge is 2.51. The van der Waals surface area contributed by atoms with Gasteiger partial charge in [0.2, 0.25) is 5.91 Å². The predicted octanol–water partition coefficient (Wildman–Crippen LogP) is 3.09. The second-order valence-electron chi connectivity index (χ2n) is 4.87. The lowest BCUT2D eigenvalue weighted by Crippen LogP contribution is -2.48. The molecule has 0 saturated heterocycles. The molecule has 0 unspecified atom stereocenters. The van der Waals surface area contributed by atoms with Gasteiger partial charge < -0.3 is 10.4 Å². The number of carbonyl (C=O) groups is 2. The summed E-state index contributed by atoms with van der Waals surface area (Å²) < 4.78 is 1.15. The number of hydrogen-bond acceptors (Lipinski definition) is 3. The van der Waals surface area contributed by atoms with E-state index >= 15 is 0 Å². The average molecular weight is 275 g/mol. The Morgan fingerprint density at radius 2 is 2.05 bits per heavy atom. The Balaban J connectivity index is 1.84. The van der Waals surface area contributed by atoms with E-state index in [2.05, 4.69) is 5.32 Å². The summed E-state index contributed by atoms with van der Waals surface area (Å²) in [6.45, 7) is 0. The van der Waals surface area contributed by atoms with Gasteiger partial charge in [-0.05, 0) is 47.9 Å². The fourth-order valence-electron chi connectivity index (χ4n) is 2.36. The van der Waals surface area contributed by atoms with Crippen LogP contribution in [0.4, 0.5) is 5.69 Å².